The molecule has 4 rings (SSSR count). The van der Waals surface area contributed by atoms with Crippen LogP contribution in [0.2, 0.25) is 0 Å². The highest BCUT2D eigenvalue weighted by atomic mass is 79.9. The van der Waals surface area contributed by atoms with Gasteiger partial charge in [0.2, 0.25) is 0 Å². The number of halogens is 4. The molecule has 6 heteroatoms. The van der Waals surface area contributed by atoms with Gasteiger partial charge in [-0.2, -0.15) is 0 Å². The van der Waals surface area contributed by atoms with Crippen molar-refractivity contribution in [2.24, 2.45) is 0 Å². The lowest BCUT2D eigenvalue weighted by Crippen LogP contribution is -2.39. The lowest BCUT2D eigenvalue weighted by atomic mass is 9.92. The minimum atomic E-state index is -2.47. The first-order valence-corrected chi connectivity index (χ1v) is 8.90. The Morgan fingerprint density at radius 3 is 2.76 bits per heavy atom. The van der Waals surface area contributed by atoms with E-state index >= 15 is 0 Å². The summed E-state index contributed by atoms with van der Waals surface area (Å²) < 4.78 is 41.5. The molecule has 0 saturated carbocycles. The fourth-order valence-corrected chi connectivity index (χ4v) is 4.07. The summed E-state index contributed by atoms with van der Waals surface area (Å²) in [6.07, 6.45) is -1.80. The predicted octanol–water partition coefficient (Wildman–Crippen LogP) is 5.28. The number of rotatable bonds is 3. The molecule has 0 fully saturated rings. The maximum atomic E-state index is 14.6. The van der Waals surface area contributed by atoms with Crippen LogP contribution in [0.1, 0.15) is 22.9 Å². The molecular formula is C19H16BrF3N2. The number of alkyl halides is 2. The molecule has 2 nitrogen and oxygen atoms in total. The molecule has 1 unspecified atom stereocenters. The summed E-state index contributed by atoms with van der Waals surface area (Å²) in [6, 6.07) is 12.1. The zero-order valence-corrected chi connectivity index (χ0v) is 14.9. The molecule has 1 aromatic heterocycles. The van der Waals surface area contributed by atoms with Crippen molar-refractivity contribution in [3.8, 4) is 0 Å². The predicted molar refractivity (Wildman–Crippen MR) is 95.5 cm³/mol. The standard InChI is InChI=1S/C19H16BrF3N2/c20-11-5-6-14(15(21)9-11)19-18-13(7-8-25(19)10-17(22)23)12-3-1-2-4-16(12)24-18/h1-6,9,17,19,24H,7-8,10H2. The molecule has 0 aliphatic carbocycles. The Kier molecular flexibility index (Phi) is 4.33. The van der Waals surface area contributed by atoms with Crippen LogP contribution in [-0.2, 0) is 6.42 Å². The average molecular weight is 409 g/mol. The van der Waals surface area contributed by atoms with Crippen molar-refractivity contribution in [1.29, 1.82) is 0 Å². The highest BCUT2D eigenvalue weighted by Gasteiger charge is 2.34. The first kappa shape index (κ1) is 16.7. The van der Waals surface area contributed by atoms with Gasteiger partial charge >= 0.3 is 0 Å². The van der Waals surface area contributed by atoms with Crippen LogP contribution in [0.25, 0.3) is 10.9 Å². The first-order valence-electron chi connectivity index (χ1n) is 8.11. The normalized spacial score (nSPS) is 18.0. The average Bonchev–Trinajstić information content (AvgIpc) is 2.94. The van der Waals surface area contributed by atoms with E-state index in [1.807, 2.05) is 24.3 Å². The van der Waals surface area contributed by atoms with Crippen LogP contribution < -0.4 is 0 Å². The summed E-state index contributed by atoms with van der Waals surface area (Å²) >= 11 is 3.25. The maximum Gasteiger partial charge on any atom is 0.251 e. The van der Waals surface area contributed by atoms with Gasteiger partial charge in [0, 0.05) is 33.2 Å². The van der Waals surface area contributed by atoms with Gasteiger partial charge in [-0.05, 0) is 30.2 Å². The van der Waals surface area contributed by atoms with E-state index < -0.39 is 18.3 Å². The van der Waals surface area contributed by atoms with Gasteiger partial charge in [-0.25, -0.2) is 13.2 Å². The van der Waals surface area contributed by atoms with Crippen molar-refractivity contribution in [2.75, 3.05) is 13.1 Å². The molecule has 130 valence electrons. The Morgan fingerprint density at radius 1 is 1.20 bits per heavy atom. The van der Waals surface area contributed by atoms with Gasteiger partial charge in [0.05, 0.1) is 12.6 Å². The van der Waals surface area contributed by atoms with Crippen molar-refractivity contribution in [2.45, 2.75) is 18.9 Å². The fraction of sp³-hybridized carbons (Fsp3) is 0.263. The van der Waals surface area contributed by atoms with E-state index in [2.05, 4.69) is 20.9 Å². The molecule has 0 saturated heterocycles. The van der Waals surface area contributed by atoms with Crippen LogP contribution in [0.15, 0.2) is 46.9 Å². The van der Waals surface area contributed by atoms with Gasteiger partial charge in [0.25, 0.3) is 6.43 Å². The van der Waals surface area contributed by atoms with Gasteiger partial charge in [-0.1, -0.05) is 40.2 Å². The third kappa shape index (κ3) is 2.98. The van der Waals surface area contributed by atoms with Gasteiger partial charge < -0.3 is 4.98 Å². The van der Waals surface area contributed by atoms with E-state index in [0.717, 1.165) is 22.2 Å². The highest BCUT2D eigenvalue weighted by Crippen LogP contribution is 2.39. The second kappa shape index (κ2) is 6.50. The smallest absolute Gasteiger partial charge is 0.251 e. The summed E-state index contributed by atoms with van der Waals surface area (Å²) in [5.41, 5.74) is 3.27. The number of nitrogens with one attached hydrogen (secondary N) is 1. The van der Waals surface area contributed by atoms with Crippen LogP contribution in [0.4, 0.5) is 13.2 Å². The van der Waals surface area contributed by atoms with Crippen LogP contribution in [0.5, 0.6) is 0 Å². The largest absolute Gasteiger partial charge is 0.357 e. The van der Waals surface area contributed by atoms with E-state index in [-0.39, 0.29) is 6.54 Å². The molecule has 0 spiro atoms. The minimum Gasteiger partial charge on any atom is -0.357 e. The Morgan fingerprint density at radius 2 is 2.00 bits per heavy atom. The molecule has 2 heterocycles. The lowest BCUT2D eigenvalue weighted by molar-refractivity contribution is 0.0689. The van der Waals surface area contributed by atoms with Crippen molar-refractivity contribution in [3.63, 3.8) is 0 Å². The number of H-pyrrole nitrogens is 1. The number of hydrogen-bond acceptors (Lipinski definition) is 1. The fourth-order valence-electron chi connectivity index (χ4n) is 3.74. The van der Waals surface area contributed by atoms with Crippen LogP contribution >= 0.6 is 15.9 Å². The monoisotopic (exact) mass is 408 g/mol. The number of aromatic nitrogens is 1. The molecule has 1 N–H and O–H groups in total. The third-order valence-electron chi connectivity index (χ3n) is 4.76. The highest BCUT2D eigenvalue weighted by molar-refractivity contribution is 9.10. The molecule has 0 bridgehead atoms. The zero-order chi connectivity index (χ0) is 17.6. The Labute approximate surface area is 151 Å². The van der Waals surface area contributed by atoms with E-state index in [4.69, 9.17) is 0 Å². The Hall–Kier alpha value is -1.79. The van der Waals surface area contributed by atoms with Crippen molar-refractivity contribution < 1.29 is 13.2 Å². The molecule has 1 atom stereocenters. The Balaban J connectivity index is 1.89. The van der Waals surface area contributed by atoms with Gasteiger partial charge in [-0.3, -0.25) is 4.90 Å². The van der Waals surface area contributed by atoms with Crippen LogP contribution in [0.3, 0.4) is 0 Å². The second-order valence-electron chi connectivity index (χ2n) is 6.27. The van der Waals surface area contributed by atoms with Gasteiger partial charge in [-0.15, -0.1) is 0 Å². The second-order valence-corrected chi connectivity index (χ2v) is 7.18. The van der Waals surface area contributed by atoms with Crippen molar-refractivity contribution in [1.82, 2.24) is 9.88 Å². The van der Waals surface area contributed by atoms with Crippen LogP contribution in [0, 0.1) is 5.82 Å². The third-order valence-corrected chi connectivity index (χ3v) is 5.26. The molecule has 0 amide bonds. The quantitative estimate of drug-likeness (QED) is 0.624. The summed E-state index contributed by atoms with van der Waals surface area (Å²) in [7, 11) is 0. The molecule has 3 aromatic rings. The molecule has 25 heavy (non-hydrogen) atoms. The van der Waals surface area contributed by atoms with E-state index in [0.29, 0.717) is 23.0 Å². The van der Waals surface area contributed by atoms with Gasteiger partial charge in [0.15, 0.2) is 0 Å². The number of benzene rings is 2. The van der Waals surface area contributed by atoms with Crippen LogP contribution in [-0.4, -0.2) is 29.4 Å². The number of nitrogens with zero attached hydrogens (tertiary/aromatic N) is 1. The number of fused-ring (bicyclic) bond motifs is 3. The molecule has 0 radical (unpaired) electrons. The molecule has 1 aliphatic heterocycles. The minimum absolute atomic E-state index is 0.380. The summed E-state index contributed by atoms with van der Waals surface area (Å²) in [4.78, 5) is 5.01. The molecule has 1 aliphatic rings. The topological polar surface area (TPSA) is 19.0 Å². The zero-order valence-electron chi connectivity index (χ0n) is 13.3. The SMILES string of the molecule is Fc1cc(Br)ccc1C1c2[nH]c3ccccc3c2CCN1CC(F)F. The molecular weight excluding hydrogens is 393 g/mol. The van der Waals surface area contributed by atoms with E-state index in [9.17, 15) is 13.2 Å². The lowest BCUT2D eigenvalue weighted by Gasteiger charge is -2.36. The first-order chi connectivity index (χ1) is 12.0. The molecule has 2 aromatic carbocycles. The summed E-state index contributed by atoms with van der Waals surface area (Å²) in [5, 5.41) is 1.08. The van der Waals surface area contributed by atoms with E-state index in [1.54, 1.807) is 17.0 Å². The number of para-hydroxylation sites is 1. The summed E-state index contributed by atoms with van der Waals surface area (Å²) in [6.45, 7) is 0.0916. The Bertz CT molecular complexity index is 922. The van der Waals surface area contributed by atoms with Crippen molar-refractivity contribution in [3.05, 3.63) is 69.6 Å². The number of hydrogen-bond donors (Lipinski definition) is 1. The van der Waals surface area contributed by atoms with Gasteiger partial charge in [0.1, 0.15) is 5.82 Å². The van der Waals surface area contributed by atoms with Crippen molar-refractivity contribution >= 4 is 26.8 Å². The maximum absolute atomic E-state index is 14.6. The van der Waals surface area contributed by atoms with E-state index in [1.165, 1.54) is 6.07 Å². The summed E-state index contributed by atoms with van der Waals surface area (Å²) in [5.74, 6) is -0.398. The number of aromatic amines is 1.